The van der Waals surface area contributed by atoms with Crippen molar-refractivity contribution in [3.63, 3.8) is 0 Å². The van der Waals surface area contributed by atoms with Gasteiger partial charge < -0.3 is 9.47 Å². The molecule has 0 atom stereocenters. The number of carbonyl (C=O) groups excluding carboxylic acids is 3. The van der Waals surface area contributed by atoms with E-state index in [2.05, 4.69) is 0 Å². The minimum absolute atomic E-state index is 0.276. The van der Waals surface area contributed by atoms with Crippen LogP contribution in [0.25, 0.3) is 11.1 Å². The number of ketones is 1. The molecule has 0 bridgehead atoms. The molecule has 0 radical (unpaired) electrons. The summed E-state index contributed by atoms with van der Waals surface area (Å²) >= 11 is 0. The van der Waals surface area contributed by atoms with Crippen LogP contribution in [0.2, 0.25) is 0 Å². The number of nitrogens with zero attached hydrogens (tertiary/aromatic N) is 2. The summed E-state index contributed by atoms with van der Waals surface area (Å²) in [5.74, 6) is -2.71. The minimum Gasteiger partial charge on any atom is -0.453 e. The maximum absolute atomic E-state index is 12.9. The molecule has 7 heteroatoms. The molecule has 0 saturated carbocycles. The summed E-state index contributed by atoms with van der Waals surface area (Å²) in [5.41, 5.74) is 2.68. The van der Waals surface area contributed by atoms with Gasteiger partial charge in [-0.05, 0) is 22.3 Å². The molecule has 0 aliphatic carbocycles. The number of esters is 2. The number of carbonyl (C=O) groups is 3. The average molecular weight is 553 g/mol. The van der Waals surface area contributed by atoms with Crippen molar-refractivity contribution in [3.05, 3.63) is 155 Å². The van der Waals surface area contributed by atoms with Gasteiger partial charge >= 0.3 is 11.9 Å². The molecule has 42 heavy (non-hydrogen) atoms. The van der Waals surface area contributed by atoms with E-state index in [1.807, 2.05) is 36.4 Å². The molecule has 4 aromatic rings. The lowest BCUT2D eigenvalue weighted by Crippen LogP contribution is -2.22. The predicted octanol–water partition coefficient (Wildman–Crippen LogP) is 5.69. The van der Waals surface area contributed by atoms with Crippen molar-refractivity contribution >= 4 is 28.9 Å². The molecule has 0 aliphatic rings. The van der Waals surface area contributed by atoms with Crippen molar-refractivity contribution in [2.75, 3.05) is 13.2 Å². The maximum atomic E-state index is 12.9. The number of Topliss-reactive ketones (excluding diaryl/α,β-unsaturated/α-hetero) is 1. The van der Waals surface area contributed by atoms with Gasteiger partial charge in [0.15, 0.2) is 13.2 Å². The third-order valence-electron chi connectivity index (χ3n) is 6.11. The van der Waals surface area contributed by atoms with E-state index >= 15 is 0 Å². The molecule has 204 valence electrons. The highest BCUT2D eigenvalue weighted by Crippen LogP contribution is 2.28. The Hall–Kier alpha value is -6.05. The minimum atomic E-state index is -0.993. The van der Waals surface area contributed by atoms with E-state index in [0.29, 0.717) is 33.4 Å². The Morgan fingerprint density at radius 2 is 0.738 bits per heavy atom. The van der Waals surface area contributed by atoms with Crippen molar-refractivity contribution in [3.8, 4) is 12.1 Å². The summed E-state index contributed by atoms with van der Waals surface area (Å²) in [6, 6.07) is 39.4. The van der Waals surface area contributed by atoms with Crippen LogP contribution in [0.4, 0.5) is 0 Å². The molecule has 0 N–H and O–H groups in total. The molecule has 4 rings (SSSR count). The lowest BCUT2D eigenvalue weighted by molar-refractivity contribution is -0.149. The SMILES string of the molecule is N#CC(C(=O)OCC(=O)COC(=O)C(C#N)=C(c1ccccc1)c1ccccc1)=C(c1ccccc1)c1ccccc1. The number of benzene rings is 4. The van der Waals surface area contributed by atoms with E-state index < -0.39 is 30.9 Å². The zero-order valence-electron chi connectivity index (χ0n) is 22.4. The Bertz CT molecular complexity index is 1500. The van der Waals surface area contributed by atoms with Gasteiger partial charge in [-0.3, -0.25) is 4.79 Å². The van der Waals surface area contributed by atoms with Gasteiger partial charge in [-0.1, -0.05) is 121 Å². The van der Waals surface area contributed by atoms with Crippen LogP contribution in [0.5, 0.6) is 0 Å². The first kappa shape index (κ1) is 28.9. The van der Waals surface area contributed by atoms with Gasteiger partial charge in [-0.25, -0.2) is 9.59 Å². The number of hydrogen-bond acceptors (Lipinski definition) is 7. The average Bonchev–Trinajstić information content (AvgIpc) is 3.05. The molecule has 0 spiro atoms. The molecular weight excluding hydrogens is 528 g/mol. The highest BCUT2D eigenvalue weighted by molar-refractivity contribution is 6.07. The van der Waals surface area contributed by atoms with Gasteiger partial charge in [0.05, 0.1) is 0 Å². The molecule has 0 amide bonds. The Kier molecular flexibility index (Phi) is 9.90. The summed E-state index contributed by atoms with van der Waals surface area (Å²) in [6.45, 7) is -1.46. The molecular formula is C35H24N2O5. The monoisotopic (exact) mass is 552 g/mol. The number of ether oxygens (including phenoxy) is 2. The van der Waals surface area contributed by atoms with E-state index in [4.69, 9.17) is 9.47 Å². The van der Waals surface area contributed by atoms with Crippen molar-refractivity contribution < 1.29 is 23.9 Å². The topological polar surface area (TPSA) is 117 Å². The standard InChI is InChI=1S/C35H24N2O5/c36-21-30(32(25-13-5-1-6-14-25)26-15-7-2-8-16-26)34(39)41-23-29(38)24-42-35(40)31(22-37)33(27-17-9-3-10-18-27)28-19-11-4-12-20-28/h1-20H,23-24H2. The van der Waals surface area contributed by atoms with E-state index in [-0.39, 0.29) is 11.1 Å². The number of hydrogen-bond donors (Lipinski definition) is 0. The first-order chi connectivity index (χ1) is 20.5. The van der Waals surface area contributed by atoms with Crippen molar-refractivity contribution in [1.29, 1.82) is 10.5 Å². The van der Waals surface area contributed by atoms with Gasteiger partial charge in [0.1, 0.15) is 23.3 Å². The van der Waals surface area contributed by atoms with Crippen LogP contribution in [0.15, 0.2) is 132 Å². The second-order valence-electron chi connectivity index (χ2n) is 8.88. The van der Waals surface area contributed by atoms with E-state index in [1.54, 1.807) is 97.1 Å². The number of rotatable bonds is 10. The molecule has 0 unspecified atom stereocenters. The van der Waals surface area contributed by atoms with Crippen LogP contribution in [0.1, 0.15) is 22.3 Å². The van der Waals surface area contributed by atoms with E-state index in [0.717, 1.165) is 0 Å². The van der Waals surface area contributed by atoms with Crippen molar-refractivity contribution in [1.82, 2.24) is 0 Å². The fourth-order valence-electron chi connectivity index (χ4n) is 4.22. The summed E-state index contributed by atoms with van der Waals surface area (Å²) in [4.78, 5) is 38.4. The largest absolute Gasteiger partial charge is 0.453 e. The zero-order chi connectivity index (χ0) is 29.7. The van der Waals surface area contributed by atoms with Crippen LogP contribution < -0.4 is 0 Å². The molecule has 0 heterocycles. The van der Waals surface area contributed by atoms with Crippen LogP contribution >= 0.6 is 0 Å². The zero-order valence-corrected chi connectivity index (χ0v) is 22.4. The van der Waals surface area contributed by atoms with Crippen molar-refractivity contribution in [2.24, 2.45) is 0 Å². The third-order valence-corrected chi connectivity index (χ3v) is 6.11. The lowest BCUT2D eigenvalue weighted by atomic mass is 9.93. The van der Waals surface area contributed by atoms with E-state index in [1.165, 1.54) is 0 Å². The highest BCUT2D eigenvalue weighted by Gasteiger charge is 2.23. The van der Waals surface area contributed by atoms with Crippen LogP contribution in [-0.2, 0) is 23.9 Å². The number of nitriles is 2. The van der Waals surface area contributed by atoms with E-state index in [9.17, 15) is 24.9 Å². The third kappa shape index (κ3) is 7.12. The van der Waals surface area contributed by atoms with Crippen LogP contribution in [-0.4, -0.2) is 30.9 Å². The maximum Gasteiger partial charge on any atom is 0.349 e. The Morgan fingerprint density at radius 3 is 0.976 bits per heavy atom. The smallest absolute Gasteiger partial charge is 0.349 e. The second kappa shape index (κ2) is 14.4. The summed E-state index contributed by atoms with van der Waals surface area (Å²) in [7, 11) is 0. The second-order valence-corrected chi connectivity index (χ2v) is 8.88. The Labute approximate surface area is 243 Å². The molecule has 0 saturated heterocycles. The predicted molar refractivity (Wildman–Crippen MR) is 156 cm³/mol. The Balaban J connectivity index is 1.50. The first-order valence-electron chi connectivity index (χ1n) is 12.9. The van der Waals surface area contributed by atoms with Gasteiger partial charge in [0.2, 0.25) is 5.78 Å². The van der Waals surface area contributed by atoms with Crippen molar-refractivity contribution in [2.45, 2.75) is 0 Å². The fourth-order valence-corrected chi connectivity index (χ4v) is 4.22. The molecule has 0 aromatic heterocycles. The lowest BCUT2D eigenvalue weighted by Gasteiger charge is -2.12. The normalized spacial score (nSPS) is 9.86. The summed E-state index contributed by atoms with van der Waals surface area (Å²) in [6.07, 6.45) is 0. The first-order valence-corrected chi connectivity index (χ1v) is 12.9. The molecule has 4 aromatic carbocycles. The summed E-state index contributed by atoms with van der Waals surface area (Å²) < 4.78 is 10.3. The molecule has 0 fully saturated rings. The van der Waals surface area contributed by atoms with Crippen LogP contribution in [0.3, 0.4) is 0 Å². The van der Waals surface area contributed by atoms with Crippen LogP contribution in [0, 0.1) is 22.7 Å². The van der Waals surface area contributed by atoms with Gasteiger partial charge in [0, 0.05) is 11.1 Å². The molecule has 0 aliphatic heterocycles. The fraction of sp³-hybridized carbons (Fsp3) is 0.0571. The molecule has 7 nitrogen and oxygen atoms in total. The quantitative estimate of drug-likeness (QED) is 0.141. The van der Waals surface area contributed by atoms with Gasteiger partial charge in [0.25, 0.3) is 0 Å². The highest BCUT2D eigenvalue weighted by atomic mass is 16.6. The summed E-state index contributed by atoms with van der Waals surface area (Å²) in [5, 5.41) is 19.7. The van der Waals surface area contributed by atoms with Gasteiger partial charge in [-0.15, -0.1) is 0 Å². The Morgan fingerprint density at radius 1 is 0.476 bits per heavy atom. The van der Waals surface area contributed by atoms with Gasteiger partial charge in [-0.2, -0.15) is 10.5 Å².